The van der Waals surface area contributed by atoms with Crippen molar-refractivity contribution in [3.63, 3.8) is 0 Å². The van der Waals surface area contributed by atoms with Crippen molar-refractivity contribution in [1.29, 1.82) is 0 Å². The first-order valence-corrected chi connectivity index (χ1v) is 12.7. The minimum absolute atomic E-state index is 0.0861. The summed E-state index contributed by atoms with van der Waals surface area (Å²) < 4.78 is 54.1. The quantitative estimate of drug-likeness (QED) is 0.590. The Morgan fingerprint density at radius 1 is 1.21 bits per heavy atom. The fourth-order valence-corrected chi connectivity index (χ4v) is 4.14. The summed E-state index contributed by atoms with van der Waals surface area (Å²) in [6, 6.07) is 3.98. The monoisotopic (exact) mass is 481 g/mol. The molecular formula is C22H28FN3O6S. The molecule has 1 aromatic carbocycles. The van der Waals surface area contributed by atoms with Crippen LogP contribution in [-0.4, -0.2) is 60.9 Å². The van der Waals surface area contributed by atoms with Gasteiger partial charge in [0, 0.05) is 32.2 Å². The molecule has 0 radical (unpaired) electrons. The summed E-state index contributed by atoms with van der Waals surface area (Å²) in [5, 5.41) is 0. The Morgan fingerprint density at radius 3 is 2.48 bits per heavy atom. The van der Waals surface area contributed by atoms with E-state index in [-0.39, 0.29) is 35.7 Å². The number of aromatic nitrogens is 2. The SMILES string of the molecule is Cc1c(Oc2ccc(CS(C)(=O)=O)cc2F)ncnc1OC1CCN(C(=O)OC(C)C)CC1. The molecule has 1 aliphatic rings. The van der Waals surface area contributed by atoms with Crippen molar-refractivity contribution in [2.24, 2.45) is 0 Å². The maximum absolute atomic E-state index is 14.5. The van der Waals surface area contributed by atoms with Crippen molar-refractivity contribution in [3.05, 3.63) is 41.5 Å². The summed E-state index contributed by atoms with van der Waals surface area (Å²) in [4.78, 5) is 21.9. The zero-order valence-corrected chi connectivity index (χ0v) is 19.9. The molecule has 3 rings (SSSR count). The molecule has 0 N–H and O–H groups in total. The molecule has 33 heavy (non-hydrogen) atoms. The minimum atomic E-state index is -3.28. The molecule has 1 aliphatic heterocycles. The molecule has 0 unspecified atom stereocenters. The van der Waals surface area contributed by atoms with Gasteiger partial charge in [0.15, 0.2) is 21.4 Å². The van der Waals surface area contributed by atoms with Gasteiger partial charge in [0.2, 0.25) is 11.8 Å². The third-order valence-corrected chi connectivity index (χ3v) is 5.80. The lowest BCUT2D eigenvalue weighted by atomic mass is 10.1. The number of nitrogens with zero attached hydrogens (tertiary/aromatic N) is 3. The number of halogens is 1. The van der Waals surface area contributed by atoms with Gasteiger partial charge in [0.1, 0.15) is 12.4 Å². The zero-order valence-electron chi connectivity index (χ0n) is 19.1. The second-order valence-corrected chi connectivity index (χ2v) is 10.4. The van der Waals surface area contributed by atoms with E-state index in [1.54, 1.807) is 25.7 Å². The number of carbonyl (C=O) groups excluding carboxylic acids is 1. The van der Waals surface area contributed by atoms with E-state index >= 15 is 0 Å². The molecule has 180 valence electrons. The van der Waals surface area contributed by atoms with E-state index in [9.17, 15) is 17.6 Å². The van der Waals surface area contributed by atoms with Crippen LogP contribution in [0.3, 0.4) is 0 Å². The maximum atomic E-state index is 14.5. The van der Waals surface area contributed by atoms with Gasteiger partial charge in [0.05, 0.1) is 17.4 Å². The van der Waals surface area contributed by atoms with E-state index in [4.69, 9.17) is 14.2 Å². The molecule has 2 heterocycles. The Morgan fingerprint density at radius 2 is 1.88 bits per heavy atom. The highest BCUT2D eigenvalue weighted by atomic mass is 32.2. The average Bonchev–Trinajstić information content (AvgIpc) is 2.71. The second-order valence-electron chi connectivity index (χ2n) is 8.28. The summed E-state index contributed by atoms with van der Waals surface area (Å²) in [6.07, 6.45) is 2.93. The highest BCUT2D eigenvalue weighted by Crippen LogP contribution is 2.31. The van der Waals surface area contributed by atoms with Crippen LogP contribution in [0.2, 0.25) is 0 Å². The lowest BCUT2D eigenvalue weighted by Gasteiger charge is -2.31. The van der Waals surface area contributed by atoms with Gasteiger partial charge in [-0.1, -0.05) is 6.07 Å². The Kier molecular flexibility index (Phi) is 7.72. The first kappa shape index (κ1) is 24.7. The molecule has 0 spiro atoms. The largest absolute Gasteiger partial charge is 0.474 e. The Bertz CT molecular complexity index is 1100. The number of ether oxygens (including phenoxy) is 3. The van der Waals surface area contributed by atoms with Crippen LogP contribution < -0.4 is 9.47 Å². The van der Waals surface area contributed by atoms with Crippen molar-refractivity contribution in [3.8, 4) is 17.5 Å². The van der Waals surface area contributed by atoms with E-state index in [1.807, 2.05) is 0 Å². The number of hydrogen-bond donors (Lipinski definition) is 0. The Hall–Kier alpha value is -2.95. The fraction of sp³-hybridized carbons (Fsp3) is 0.500. The molecule has 0 bridgehead atoms. The normalized spacial score (nSPS) is 14.9. The predicted molar refractivity (Wildman–Crippen MR) is 119 cm³/mol. The lowest BCUT2D eigenvalue weighted by molar-refractivity contribution is 0.0505. The second kappa shape index (κ2) is 10.3. The van der Waals surface area contributed by atoms with Gasteiger partial charge in [-0.25, -0.2) is 27.6 Å². The molecule has 2 aromatic rings. The summed E-state index contributed by atoms with van der Waals surface area (Å²) >= 11 is 0. The minimum Gasteiger partial charge on any atom is -0.474 e. The van der Waals surface area contributed by atoms with Crippen LogP contribution in [0.4, 0.5) is 9.18 Å². The van der Waals surface area contributed by atoms with Crippen molar-refractivity contribution in [2.75, 3.05) is 19.3 Å². The van der Waals surface area contributed by atoms with Gasteiger partial charge in [0.25, 0.3) is 0 Å². The molecule has 1 saturated heterocycles. The van der Waals surface area contributed by atoms with Crippen molar-refractivity contribution >= 4 is 15.9 Å². The zero-order chi connectivity index (χ0) is 24.2. The van der Waals surface area contributed by atoms with E-state index in [1.165, 1.54) is 18.5 Å². The fourth-order valence-electron chi connectivity index (χ4n) is 3.35. The lowest BCUT2D eigenvalue weighted by Crippen LogP contribution is -2.42. The van der Waals surface area contributed by atoms with Crippen LogP contribution in [0.15, 0.2) is 24.5 Å². The van der Waals surface area contributed by atoms with E-state index < -0.39 is 15.7 Å². The molecular weight excluding hydrogens is 453 g/mol. The third-order valence-electron chi connectivity index (χ3n) is 4.94. The van der Waals surface area contributed by atoms with Crippen LogP contribution in [0.1, 0.15) is 37.8 Å². The summed E-state index contributed by atoms with van der Waals surface area (Å²) in [6.45, 7) is 6.33. The van der Waals surface area contributed by atoms with Crippen molar-refractivity contribution in [1.82, 2.24) is 14.9 Å². The van der Waals surface area contributed by atoms with Gasteiger partial charge in [-0.15, -0.1) is 0 Å². The number of piperidine rings is 1. The number of rotatable bonds is 7. The van der Waals surface area contributed by atoms with Crippen molar-refractivity contribution < 1.29 is 31.8 Å². The first-order valence-electron chi connectivity index (χ1n) is 10.6. The van der Waals surface area contributed by atoms with Crippen LogP contribution in [-0.2, 0) is 20.3 Å². The van der Waals surface area contributed by atoms with E-state index in [0.29, 0.717) is 42.9 Å². The predicted octanol–water partition coefficient (Wildman–Crippen LogP) is 3.65. The number of hydrogen-bond acceptors (Lipinski definition) is 8. The Labute approximate surface area is 192 Å². The molecule has 1 fully saturated rings. The van der Waals surface area contributed by atoms with Crippen molar-refractivity contribution in [2.45, 2.75) is 51.6 Å². The summed E-state index contributed by atoms with van der Waals surface area (Å²) in [5.74, 6) is -0.595. The molecule has 0 atom stereocenters. The number of carbonyl (C=O) groups is 1. The topological polar surface area (TPSA) is 108 Å². The number of likely N-dealkylation sites (tertiary alicyclic amines) is 1. The molecule has 11 heteroatoms. The maximum Gasteiger partial charge on any atom is 0.410 e. The van der Waals surface area contributed by atoms with Crippen LogP contribution in [0.25, 0.3) is 0 Å². The van der Waals surface area contributed by atoms with Gasteiger partial charge in [-0.3, -0.25) is 0 Å². The van der Waals surface area contributed by atoms with Gasteiger partial charge < -0.3 is 19.1 Å². The molecule has 0 aliphatic carbocycles. The standard InChI is InChI=1S/C22H28FN3O6S/c1-14(2)30-22(27)26-9-7-17(8-10-26)31-20-15(3)21(25-13-24-20)32-19-6-5-16(11-18(19)23)12-33(4,28)29/h5-6,11,13-14,17H,7-10,12H2,1-4H3. The highest BCUT2D eigenvalue weighted by molar-refractivity contribution is 7.89. The summed E-state index contributed by atoms with van der Waals surface area (Å²) in [5.41, 5.74) is 0.827. The van der Waals surface area contributed by atoms with Gasteiger partial charge in [-0.05, 0) is 38.5 Å². The third kappa shape index (κ3) is 7.01. The molecule has 0 saturated carbocycles. The van der Waals surface area contributed by atoms with Crippen LogP contribution in [0, 0.1) is 12.7 Å². The number of amides is 1. The van der Waals surface area contributed by atoms with Gasteiger partial charge in [-0.2, -0.15) is 0 Å². The highest BCUT2D eigenvalue weighted by Gasteiger charge is 2.26. The molecule has 9 nitrogen and oxygen atoms in total. The molecule has 1 amide bonds. The van der Waals surface area contributed by atoms with Crippen LogP contribution >= 0.6 is 0 Å². The number of sulfone groups is 1. The summed E-state index contributed by atoms with van der Waals surface area (Å²) in [7, 11) is -3.28. The first-order chi connectivity index (χ1) is 15.5. The van der Waals surface area contributed by atoms with Crippen LogP contribution in [0.5, 0.6) is 17.5 Å². The van der Waals surface area contributed by atoms with E-state index in [2.05, 4.69) is 9.97 Å². The Balaban J connectivity index is 1.64. The average molecular weight is 482 g/mol. The molecule has 1 aromatic heterocycles. The number of benzene rings is 1. The van der Waals surface area contributed by atoms with E-state index in [0.717, 1.165) is 12.3 Å². The smallest absolute Gasteiger partial charge is 0.410 e. The van der Waals surface area contributed by atoms with Gasteiger partial charge >= 0.3 is 6.09 Å².